The SMILES string of the molecule is Cc1ccc(C(=O)N2CCN(CC#N)CC2)c(Br)c1. The highest BCUT2D eigenvalue weighted by Gasteiger charge is 2.23. The molecule has 1 aliphatic rings. The first kappa shape index (κ1) is 14.0. The summed E-state index contributed by atoms with van der Waals surface area (Å²) in [6.07, 6.45) is 0. The molecule has 0 spiro atoms. The highest BCUT2D eigenvalue weighted by molar-refractivity contribution is 9.10. The Morgan fingerprint density at radius 3 is 2.63 bits per heavy atom. The summed E-state index contributed by atoms with van der Waals surface area (Å²) in [5.41, 5.74) is 1.83. The number of benzene rings is 1. The van der Waals surface area contributed by atoms with E-state index in [2.05, 4.69) is 26.9 Å². The number of nitriles is 1. The van der Waals surface area contributed by atoms with Crippen LogP contribution in [-0.2, 0) is 0 Å². The molecule has 1 amide bonds. The van der Waals surface area contributed by atoms with E-state index in [4.69, 9.17) is 5.26 Å². The van der Waals surface area contributed by atoms with Gasteiger partial charge in [-0.15, -0.1) is 0 Å². The molecule has 0 radical (unpaired) electrons. The molecule has 4 nitrogen and oxygen atoms in total. The lowest BCUT2D eigenvalue weighted by Gasteiger charge is -2.33. The Morgan fingerprint density at radius 2 is 2.05 bits per heavy atom. The molecule has 0 aromatic heterocycles. The van der Waals surface area contributed by atoms with Gasteiger partial charge in [0.1, 0.15) is 0 Å². The van der Waals surface area contributed by atoms with Gasteiger partial charge < -0.3 is 4.90 Å². The molecular weight excluding hydrogens is 306 g/mol. The number of nitrogens with zero attached hydrogens (tertiary/aromatic N) is 3. The third-order valence-corrected chi connectivity index (χ3v) is 3.96. The largest absolute Gasteiger partial charge is 0.336 e. The lowest BCUT2D eigenvalue weighted by Crippen LogP contribution is -2.48. The summed E-state index contributed by atoms with van der Waals surface area (Å²) in [6.45, 7) is 5.34. The fraction of sp³-hybridized carbons (Fsp3) is 0.429. The molecular formula is C14H16BrN3O. The van der Waals surface area contributed by atoms with Crippen LogP contribution in [0, 0.1) is 18.3 Å². The Balaban J connectivity index is 2.03. The first-order valence-electron chi connectivity index (χ1n) is 6.26. The molecule has 1 aromatic rings. The van der Waals surface area contributed by atoms with Crippen molar-refractivity contribution in [2.24, 2.45) is 0 Å². The highest BCUT2D eigenvalue weighted by atomic mass is 79.9. The van der Waals surface area contributed by atoms with Crippen LogP contribution in [0.25, 0.3) is 0 Å². The van der Waals surface area contributed by atoms with E-state index in [1.807, 2.05) is 30.0 Å². The van der Waals surface area contributed by atoms with Crippen LogP contribution < -0.4 is 0 Å². The highest BCUT2D eigenvalue weighted by Crippen LogP contribution is 2.20. The first-order chi connectivity index (χ1) is 9.11. The summed E-state index contributed by atoms with van der Waals surface area (Å²) in [5, 5.41) is 8.66. The van der Waals surface area contributed by atoms with Gasteiger partial charge in [0, 0.05) is 30.7 Å². The maximum absolute atomic E-state index is 12.4. The lowest BCUT2D eigenvalue weighted by molar-refractivity contribution is 0.0651. The molecule has 1 aromatic carbocycles. The van der Waals surface area contributed by atoms with E-state index in [1.165, 1.54) is 0 Å². The summed E-state index contributed by atoms with van der Waals surface area (Å²) < 4.78 is 0.844. The molecule has 1 fully saturated rings. The second kappa shape index (κ2) is 6.18. The van der Waals surface area contributed by atoms with Crippen molar-refractivity contribution in [3.8, 4) is 6.07 Å². The maximum Gasteiger partial charge on any atom is 0.255 e. The Morgan fingerprint density at radius 1 is 1.37 bits per heavy atom. The molecule has 0 saturated carbocycles. The van der Waals surface area contributed by atoms with Crippen molar-refractivity contribution in [1.82, 2.24) is 9.80 Å². The molecule has 1 saturated heterocycles. The summed E-state index contributed by atoms with van der Waals surface area (Å²) in [5.74, 6) is 0.0588. The number of hydrogen-bond donors (Lipinski definition) is 0. The van der Waals surface area contributed by atoms with Gasteiger partial charge >= 0.3 is 0 Å². The van der Waals surface area contributed by atoms with Gasteiger partial charge in [-0.1, -0.05) is 6.07 Å². The van der Waals surface area contributed by atoms with Crippen molar-refractivity contribution < 1.29 is 4.79 Å². The number of halogens is 1. The van der Waals surface area contributed by atoms with Gasteiger partial charge in [0.15, 0.2) is 0 Å². The molecule has 5 heteroatoms. The predicted molar refractivity (Wildman–Crippen MR) is 76.8 cm³/mol. The molecule has 0 aliphatic carbocycles. The van der Waals surface area contributed by atoms with E-state index in [-0.39, 0.29) is 5.91 Å². The third-order valence-electron chi connectivity index (χ3n) is 3.31. The molecule has 1 aliphatic heterocycles. The van der Waals surface area contributed by atoms with E-state index >= 15 is 0 Å². The Labute approximate surface area is 121 Å². The fourth-order valence-corrected chi connectivity index (χ4v) is 2.84. The van der Waals surface area contributed by atoms with Crippen LogP contribution in [0.3, 0.4) is 0 Å². The van der Waals surface area contributed by atoms with Gasteiger partial charge in [-0.25, -0.2) is 0 Å². The smallest absolute Gasteiger partial charge is 0.255 e. The number of carbonyl (C=O) groups is 1. The Kier molecular flexibility index (Phi) is 4.56. The molecule has 0 bridgehead atoms. The molecule has 0 unspecified atom stereocenters. The minimum atomic E-state index is 0.0588. The number of piperazine rings is 1. The second-order valence-corrected chi connectivity index (χ2v) is 5.56. The zero-order valence-corrected chi connectivity index (χ0v) is 12.5. The number of carbonyl (C=O) groups excluding carboxylic acids is 1. The zero-order valence-electron chi connectivity index (χ0n) is 10.9. The normalized spacial score (nSPS) is 16.2. The van der Waals surface area contributed by atoms with Crippen molar-refractivity contribution in [1.29, 1.82) is 5.26 Å². The van der Waals surface area contributed by atoms with Gasteiger partial charge in [0.25, 0.3) is 5.91 Å². The zero-order chi connectivity index (χ0) is 13.8. The van der Waals surface area contributed by atoms with Gasteiger partial charge in [-0.3, -0.25) is 9.69 Å². The topological polar surface area (TPSA) is 47.3 Å². The van der Waals surface area contributed by atoms with E-state index in [1.54, 1.807) is 0 Å². The Bertz CT molecular complexity index is 516. The number of rotatable bonds is 2. The summed E-state index contributed by atoms with van der Waals surface area (Å²) in [4.78, 5) is 16.3. The molecule has 1 heterocycles. The van der Waals surface area contributed by atoms with Crippen LogP contribution in [-0.4, -0.2) is 48.4 Å². The van der Waals surface area contributed by atoms with Gasteiger partial charge in [-0.05, 0) is 40.5 Å². The lowest BCUT2D eigenvalue weighted by atomic mass is 10.1. The number of amides is 1. The van der Waals surface area contributed by atoms with Crippen molar-refractivity contribution in [3.63, 3.8) is 0 Å². The molecule has 0 N–H and O–H groups in total. The van der Waals surface area contributed by atoms with Crippen LogP contribution in [0.1, 0.15) is 15.9 Å². The van der Waals surface area contributed by atoms with Crippen molar-refractivity contribution >= 4 is 21.8 Å². The van der Waals surface area contributed by atoms with Gasteiger partial charge in [0.2, 0.25) is 0 Å². The fourth-order valence-electron chi connectivity index (χ4n) is 2.17. The van der Waals surface area contributed by atoms with Crippen molar-refractivity contribution in [3.05, 3.63) is 33.8 Å². The summed E-state index contributed by atoms with van der Waals surface area (Å²) >= 11 is 3.45. The average molecular weight is 322 g/mol. The van der Waals surface area contributed by atoms with E-state index < -0.39 is 0 Å². The summed E-state index contributed by atoms with van der Waals surface area (Å²) in [6, 6.07) is 7.91. The van der Waals surface area contributed by atoms with Crippen molar-refractivity contribution in [2.45, 2.75) is 6.92 Å². The van der Waals surface area contributed by atoms with Crippen LogP contribution in [0.2, 0.25) is 0 Å². The molecule has 19 heavy (non-hydrogen) atoms. The van der Waals surface area contributed by atoms with Crippen LogP contribution >= 0.6 is 15.9 Å². The monoisotopic (exact) mass is 321 g/mol. The van der Waals surface area contributed by atoms with E-state index in [0.717, 1.165) is 23.1 Å². The quantitative estimate of drug-likeness (QED) is 0.783. The first-order valence-corrected chi connectivity index (χ1v) is 7.06. The van der Waals surface area contributed by atoms with Crippen LogP contribution in [0.4, 0.5) is 0 Å². The van der Waals surface area contributed by atoms with E-state index in [0.29, 0.717) is 25.2 Å². The minimum Gasteiger partial charge on any atom is -0.336 e. The second-order valence-electron chi connectivity index (χ2n) is 4.71. The van der Waals surface area contributed by atoms with Crippen LogP contribution in [0.15, 0.2) is 22.7 Å². The maximum atomic E-state index is 12.4. The summed E-state index contributed by atoms with van der Waals surface area (Å²) in [7, 11) is 0. The van der Waals surface area contributed by atoms with Gasteiger partial charge in [0.05, 0.1) is 18.2 Å². The minimum absolute atomic E-state index is 0.0588. The average Bonchev–Trinajstić information content (AvgIpc) is 2.39. The molecule has 100 valence electrons. The van der Waals surface area contributed by atoms with Crippen molar-refractivity contribution in [2.75, 3.05) is 32.7 Å². The van der Waals surface area contributed by atoms with Gasteiger partial charge in [-0.2, -0.15) is 5.26 Å². The Hall–Kier alpha value is -1.38. The molecule has 0 atom stereocenters. The third kappa shape index (κ3) is 3.34. The molecule has 2 rings (SSSR count). The number of aryl methyl sites for hydroxylation is 1. The van der Waals surface area contributed by atoms with Crippen LogP contribution in [0.5, 0.6) is 0 Å². The van der Waals surface area contributed by atoms with E-state index in [9.17, 15) is 4.79 Å². The standard InChI is InChI=1S/C14H16BrN3O/c1-11-2-3-12(13(15)10-11)14(19)18-8-6-17(5-4-16)7-9-18/h2-3,10H,5-9H2,1H3. The predicted octanol–water partition coefficient (Wildman–Crippen LogP) is 2.04. The number of hydrogen-bond acceptors (Lipinski definition) is 3.